The maximum absolute atomic E-state index is 2.32. The third kappa shape index (κ3) is 10.0. The molecular weight excluding hydrogens is 677 g/mol. The minimum absolute atomic E-state index is 1.13. The molecule has 0 spiro atoms. The second-order valence-corrected chi connectivity index (χ2v) is 14.4. The Bertz CT molecular complexity index is 2100. The Morgan fingerprint density at radius 2 is 0.554 bits per heavy atom. The van der Waals surface area contributed by atoms with Gasteiger partial charge >= 0.3 is 0 Å². The molecule has 0 unspecified atom stereocenters. The van der Waals surface area contributed by atoms with E-state index in [9.17, 15) is 0 Å². The Morgan fingerprint density at radius 3 is 0.839 bits per heavy atom. The van der Waals surface area contributed by atoms with Crippen molar-refractivity contribution >= 4 is 58.4 Å². The van der Waals surface area contributed by atoms with Crippen molar-refractivity contribution in [3.05, 3.63) is 215 Å². The summed E-state index contributed by atoms with van der Waals surface area (Å²) in [6, 6.07) is 65.6. The molecule has 7 rings (SSSR count). The number of nitrogens with zero attached hydrogens (tertiary/aromatic N) is 2. The predicted molar refractivity (Wildman–Crippen MR) is 244 cm³/mol. The second-order valence-electron chi connectivity index (χ2n) is 14.4. The zero-order valence-corrected chi connectivity index (χ0v) is 32.8. The molecule has 0 radical (unpaired) electrons. The van der Waals surface area contributed by atoms with E-state index in [-0.39, 0.29) is 0 Å². The fourth-order valence-corrected chi connectivity index (χ4v) is 7.01. The molecule has 0 heterocycles. The molecule has 0 saturated carbocycles. The zero-order chi connectivity index (χ0) is 38.4. The van der Waals surface area contributed by atoms with E-state index in [1.807, 2.05) is 0 Å². The van der Waals surface area contributed by atoms with E-state index in [0.717, 1.165) is 35.6 Å². The van der Waals surface area contributed by atoms with Gasteiger partial charge in [-0.05, 0) is 132 Å². The molecule has 0 saturated heterocycles. The summed E-state index contributed by atoms with van der Waals surface area (Å²) < 4.78 is 0. The van der Waals surface area contributed by atoms with Gasteiger partial charge in [-0.15, -0.1) is 0 Å². The van der Waals surface area contributed by atoms with Gasteiger partial charge in [0.25, 0.3) is 0 Å². The second kappa shape index (κ2) is 19.3. The van der Waals surface area contributed by atoms with Crippen molar-refractivity contribution in [1.82, 2.24) is 0 Å². The van der Waals surface area contributed by atoms with Gasteiger partial charge in [0.15, 0.2) is 0 Å². The van der Waals surface area contributed by atoms with Crippen molar-refractivity contribution in [3.63, 3.8) is 0 Å². The lowest BCUT2D eigenvalue weighted by Crippen LogP contribution is -2.09. The molecular formula is C54H52N2. The Hall–Kier alpha value is -6.38. The summed E-state index contributed by atoms with van der Waals surface area (Å²) in [5, 5.41) is 0. The van der Waals surface area contributed by atoms with E-state index in [0.29, 0.717) is 0 Å². The maximum atomic E-state index is 2.32. The highest BCUT2D eigenvalue weighted by Gasteiger charge is 2.13. The topological polar surface area (TPSA) is 6.48 Å². The van der Waals surface area contributed by atoms with Crippen LogP contribution in [0.2, 0.25) is 0 Å². The van der Waals surface area contributed by atoms with E-state index in [2.05, 4.69) is 230 Å². The lowest BCUT2D eigenvalue weighted by atomic mass is 10.1. The highest BCUT2D eigenvalue weighted by atomic mass is 15.1. The van der Waals surface area contributed by atoms with E-state index < -0.39 is 0 Å². The Kier molecular flexibility index (Phi) is 13.1. The van der Waals surface area contributed by atoms with Crippen LogP contribution in [0, 0.1) is 0 Å². The van der Waals surface area contributed by atoms with Crippen LogP contribution >= 0.6 is 0 Å². The Balaban J connectivity index is 1.00. The molecule has 2 heteroatoms. The van der Waals surface area contributed by atoms with Gasteiger partial charge in [0.05, 0.1) is 0 Å². The average Bonchev–Trinajstić information content (AvgIpc) is 3.26. The molecule has 56 heavy (non-hydrogen) atoms. The molecule has 0 bridgehead atoms. The molecule has 0 fully saturated rings. The number of rotatable bonds is 16. The van der Waals surface area contributed by atoms with E-state index in [4.69, 9.17) is 0 Å². The molecule has 0 aromatic heterocycles. The van der Waals surface area contributed by atoms with E-state index in [1.165, 1.54) is 70.4 Å². The minimum atomic E-state index is 1.13. The van der Waals surface area contributed by atoms with E-state index in [1.54, 1.807) is 0 Å². The van der Waals surface area contributed by atoms with Crippen LogP contribution in [0.3, 0.4) is 0 Å². The third-order valence-corrected chi connectivity index (χ3v) is 10.2. The molecule has 7 aromatic rings. The SMILES string of the molecule is CCCCc1ccc(N(c2ccccc2)c2ccc(C=Cc3ccc(C=Cc4ccc(N(c5ccccc5)c5ccc(CCCC)cc5)cc4)cc3)cc2)cc1. The van der Waals surface area contributed by atoms with Gasteiger partial charge in [-0.3, -0.25) is 0 Å². The van der Waals surface area contributed by atoms with Gasteiger partial charge in [0.1, 0.15) is 0 Å². The maximum Gasteiger partial charge on any atom is 0.0462 e. The van der Waals surface area contributed by atoms with Crippen molar-refractivity contribution in [2.45, 2.75) is 52.4 Å². The first-order valence-corrected chi connectivity index (χ1v) is 20.2. The van der Waals surface area contributed by atoms with Gasteiger partial charge in [-0.1, -0.05) is 160 Å². The zero-order valence-electron chi connectivity index (χ0n) is 32.8. The summed E-state index contributed by atoms with van der Waals surface area (Å²) >= 11 is 0. The van der Waals surface area contributed by atoms with Crippen molar-refractivity contribution in [1.29, 1.82) is 0 Å². The Morgan fingerprint density at radius 1 is 0.304 bits per heavy atom. The minimum Gasteiger partial charge on any atom is -0.311 e. The van der Waals surface area contributed by atoms with Crippen LogP contribution in [-0.4, -0.2) is 0 Å². The molecule has 0 aliphatic heterocycles. The number of hydrogen-bond donors (Lipinski definition) is 0. The summed E-state index contributed by atoms with van der Waals surface area (Å²) in [7, 11) is 0. The van der Waals surface area contributed by atoms with Gasteiger partial charge in [-0.2, -0.15) is 0 Å². The van der Waals surface area contributed by atoms with Gasteiger partial charge in [0, 0.05) is 34.1 Å². The highest BCUT2D eigenvalue weighted by molar-refractivity contribution is 5.80. The predicted octanol–water partition coefficient (Wildman–Crippen LogP) is 15.7. The number of hydrogen-bond acceptors (Lipinski definition) is 2. The van der Waals surface area contributed by atoms with Crippen LogP contribution in [0.1, 0.15) is 72.9 Å². The summed E-state index contributed by atoms with van der Waals surface area (Å²) in [4.78, 5) is 4.65. The average molecular weight is 729 g/mol. The largest absolute Gasteiger partial charge is 0.311 e. The van der Waals surface area contributed by atoms with Gasteiger partial charge in [-0.25, -0.2) is 0 Å². The van der Waals surface area contributed by atoms with Crippen LogP contribution < -0.4 is 9.80 Å². The van der Waals surface area contributed by atoms with Crippen molar-refractivity contribution in [2.24, 2.45) is 0 Å². The highest BCUT2D eigenvalue weighted by Crippen LogP contribution is 2.36. The van der Waals surface area contributed by atoms with Crippen LogP contribution in [-0.2, 0) is 12.8 Å². The van der Waals surface area contributed by atoms with Crippen LogP contribution in [0.4, 0.5) is 34.1 Å². The molecule has 7 aromatic carbocycles. The number of para-hydroxylation sites is 2. The first-order chi connectivity index (χ1) is 27.7. The molecule has 0 amide bonds. The molecule has 0 aliphatic rings. The fraction of sp³-hybridized carbons (Fsp3) is 0.148. The standard InChI is InChI=1S/C54H52N2/c1-3-5-13-43-27-35-51(36-28-43)55(49-15-9-7-10-16-49)53-39-31-47(32-40-53)25-23-45-19-21-46(22-20-45)24-26-48-33-41-54(42-34-48)56(50-17-11-8-12-18-50)52-37-29-44(30-38-52)14-6-4-2/h7-12,15-42H,3-6,13-14H2,1-2H3. The first kappa shape index (κ1) is 37.9. The lowest BCUT2D eigenvalue weighted by molar-refractivity contribution is 0.795. The number of aryl methyl sites for hydroxylation is 2. The van der Waals surface area contributed by atoms with Crippen LogP contribution in [0.5, 0.6) is 0 Å². The van der Waals surface area contributed by atoms with Crippen molar-refractivity contribution in [3.8, 4) is 0 Å². The molecule has 0 atom stereocenters. The summed E-state index contributed by atoms with van der Waals surface area (Å²) in [5.74, 6) is 0. The monoisotopic (exact) mass is 728 g/mol. The molecule has 0 aliphatic carbocycles. The van der Waals surface area contributed by atoms with Crippen molar-refractivity contribution in [2.75, 3.05) is 9.80 Å². The van der Waals surface area contributed by atoms with E-state index >= 15 is 0 Å². The van der Waals surface area contributed by atoms with Gasteiger partial charge < -0.3 is 9.80 Å². The van der Waals surface area contributed by atoms with Crippen LogP contribution in [0.25, 0.3) is 24.3 Å². The normalized spacial score (nSPS) is 11.3. The quantitative estimate of drug-likeness (QED) is 0.0914. The number of anilines is 6. The fourth-order valence-electron chi connectivity index (χ4n) is 7.01. The molecule has 0 N–H and O–H groups in total. The smallest absolute Gasteiger partial charge is 0.0462 e. The third-order valence-electron chi connectivity index (χ3n) is 10.2. The summed E-state index contributed by atoms with van der Waals surface area (Å²) in [5.41, 5.74) is 14.4. The van der Waals surface area contributed by atoms with Gasteiger partial charge in [0.2, 0.25) is 0 Å². The van der Waals surface area contributed by atoms with Crippen molar-refractivity contribution < 1.29 is 0 Å². The number of unbranched alkanes of at least 4 members (excludes halogenated alkanes) is 2. The molecule has 278 valence electrons. The lowest BCUT2D eigenvalue weighted by Gasteiger charge is -2.25. The number of benzene rings is 7. The summed E-state index contributed by atoms with van der Waals surface area (Å²) in [6.45, 7) is 4.49. The summed E-state index contributed by atoms with van der Waals surface area (Å²) in [6.07, 6.45) is 15.9. The van der Waals surface area contributed by atoms with Crippen LogP contribution in [0.15, 0.2) is 182 Å². The molecule has 2 nitrogen and oxygen atoms in total. The Labute approximate surface area is 334 Å². The first-order valence-electron chi connectivity index (χ1n) is 20.2.